The number of para-hydroxylation sites is 3. The SMILES string of the molecule is O=C(NCC(=O)N1CCC(CO)CC1)c1ccc(S(=O)(=O)Nc2ccccc2Oc2ccccc2)cc1. The molecular formula is C27H29N3O6S. The number of sulfonamides is 1. The molecule has 37 heavy (non-hydrogen) atoms. The molecule has 10 heteroatoms. The summed E-state index contributed by atoms with van der Waals surface area (Å²) in [6.45, 7) is 1.08. The summed E-state index contributed by atoms with van der Waals surface area (Å²) in [6.07, 6.45) is 1.48. The van der Waals surface area contributed by atoms with E-state index in [9.17, 15) is 23.1 Å². The Kier molecular flexibility index (Phi) is 8.42. The number of hydrogen-bond donors (Lipinski definition) is 3. The van der Waals surface area contributed by atoms with Crippen LogP contribution in [-0.2, 0) is 14.8 Å². The van der Waals surface area contributed by atoms with Crippen LogP contribution in [0.25, 0.3) is 0 Å². The van der Waals surface area contributed by atoms with E-state index in [2.05, 4.69) is 10.0 Å². The summed E-state index contributed by atoms with van der Waals surface area (Å²) in [5, 5.41) is 11.8. The van der Waals surface area contributed by atoms with E-state index in [1.54, 1.807) is 41.3 Å². The van der Waals surface area contributed by atoms with Gasteiger partial charge in [-0.2, -0.15) is 0 Å². The highest BCUT2D eigenvalue weighted by atomic mass is 32.2. The molecule has 9 nitrogen and oxygen atoms in total. The Morgan fingerprint density at radius 2 is 1.57 bits per heavy atom. The molecule has 0 unspecified atom stereocenters. The zero-order valence-electron chi connectivity index (χ0n) is 20.2. The number of aliphatic hydroxyl groups excluding tert-OH is 1. The Morgan fingerprint density at radius 1 is 0.919 bits per heavy atom. The van der Waals surface area contributed by atoms with Crippen molar-refractivity contribution in [3.05, 3.63) is 84.4 Å². The topological polar surface area (TPSA) is 125 Å². The summed E-state index contributed by atoms with van der Waals surface area (Å²) in [5.41, 5.74) is 0.508. The van der Waals surface area contributed by atoms with E-state index in [0.717, 1.165) is 12.8 Å². The highest BCUT2D eigenvalue weighted by Crippen LogP contribution is 2.31. The molecular weight excluding hydrogens is 494 g/mol. The maximum Gasteiger partial charge on any atom is 0.262 e. The van der Waals surface area contributed by atoms with Crippen molar-refractivity contribution in [2.45, 2.75) is 17.7 Å². The first-order valence-electron chi connectivity index (χ1n) is 12.0. The monoisotopic (exact) mass is 523 g/mol. The van der Waals surface area contributed by atoms with Gasteiger partial charge in [-0.15, -0.1) is 0 Å². The van der Waals surface area contributed by atoms with Crippen LogP contribution in [0.2, 0.25) is 0 Å². The first-order valence-corrected chi connectivity index (χ1v) is 13.5. The molecule has 0 saturated carbocycles. The maximum atomic E-state index is 13.0. The zero-order chi connectivity index (χ0) is 26.3. The van der Waals surface area contributed by atoms with Gasteiger partial charge in [0.25, 0.3) is 15.9 Å². The van der Waals surface area contributed by atoms with Crippen molar-refractivity contribution in [2.75, 3.05) is 31.0 Å². The van der Waals surface area contributed by atoms with Crippen LogP contribution in [0.5, 0.6) is 11.5 Å². The number of nitrogens with zero attached hydrogens (tertiary/aromatic N) is 1. The second-order valence-corrected chi connectivity index (χ2v) is 10.4. The summed E-state index contributed by atoms with van der Waals surface area (Å²) < 4.78 is 34.3. The van der Waals surface area contributed by atoms with Crippen molar-refractivity contribution >= 4 is 27.5 Å². The first kappa shape index (κ1) is 26.2. The van der Waals surface area contributed by atoms with Crippen LogP contribution in [0.3, 0.4) is 0 Å². The molecule has 1 heterocycles. The molecule has 0 bridgehead atoms. The molecule has 0 radical (unpaired) electrons. The van der Waals surface area contributed by atoms with E-state index in [-0.39, 0.29) is 41.1 Å². The lowest BCUT2D eigenvalue weighted by Gasteiger charge is -2.31. The third-order valence-electron chi connectivity index (χ3n) is 6.15. The number of rotatable bonds is 9. The van der Waals surface area contributed by atoms with Crippen molar-refractivity contribution in [1.29, 1.82) is 0 Å². The number of piperidine rings is 1. The first-order chi connectivity index (χ1) is 17.9. The van der Waals surface area contributed by atoms with Crippen LogP contribution in [0.4, 0.5) is 5.69 Å². The van der Waals surface area contributed by atoms with E-state index >= 15 is 0 Å². The van der Waals surface area contributed by atoms with Crippen molar-refractivity contribution in [1.82, 2.24) is 10.2 Å². The van der Waals surface area contributed by atoms with Gasteiger partial charge in [-0.3, -0.25) is 14.3 Å². The van der Waals surface area contributed by atoms with Gasteiger partial charge in [0.2, 0.25) is 5.91 Å². The lowest BCUT2D eigenvalue weighted by molar-refractivity contribution is -0.131. The number of carbonyl (C=O) groups excluding carboxylic acids is 2. The van der Waals surface area contributed by atoms with Crippen LogP contribution < -0.4 is 14.8 Å². The quantitative estimate of drug-likeness (QED) is 0.396. The van der Waals surface area contributed by atoms with Gasteiger partial charge in [0, 0.05) is 25.3 Å². The highest BCUT2D eigenvalue weighted by molar-refractivity contribution is 7.92. The Morgan fingerprint density at radius 3 is 2.24 bits per heavy atom. The van der Waals surface area contributed by atoms with E-state index in [4.69, 9.17) is 4.74 Å². The normalized spacial score (nSPS) is 14.1. The fraction of sp³-hybridized carbons (Fsp3) is 0.259. The van der Waals surface area contributed by atoms with Gasteiger partial charge in [-0.1, -0.05) is 30.3 Å². The smallest absolute Gasteiger partial charge is 0.262 e. The number of nitrogens with one attached hydrogen (secondary N) is 2. The summed E-state index contributed by atoms with van der Waals surface area (Å²) in [5.74, 6) is 0.464. The lowest BCUT2D eigenvalue weighted by Crippen LogP contribution is -2.44. The van der Waals surface area contributed by atoms with E-state index < -0.39 is 15.9 Å². The van der Waals surface area contributed by atoms with Crippen LogP contribution in [0.15, 0.2) is 83.8 Å². The summed E-state index contributed by atoms with van der Waals surface area (Å²) in [6, 6.07) is 21.2. The molecule has 0 aromatic heterocycles. The number of ether oxygens (including phenoxy) is 1. The molecule has 3 aromatic rings. The Balaban J connectivity index is 1.36. The number of hydrogen-bond acceptors (Lipinski definition) is 6. The molecule has 1 aliphatic rings. The van der Waals surface area contributed by atoms with Gasteiger partial charge < -0.3 is 20.1 Å². The van der Waals surface area contributed by atoms with Crippen LogP contribution in [-0.4, -0.2) is 56.5 Å². The van der Waals surface area contributed by atoms with E-state index in [0.29, 0.717) is 24.6 Å². The molecule has 194 valence electrons. The predicted octanol–water partition coefficient (Wildman–Crippen LogP) is 3.24. The average Bonchev–Trinajstić information content (AvgIpc) is 2.93. The lowest BCUT2D eigenvalue weighted by atomic mass is 9.98. The summed E-state index contributed by atoms with van der Waals surface area (Å²) in [7, 11) is -3.96. The number of likely N-dealkylation sites (tertiary alicyclic amines) is 1. The Bertz CT molecular complexity index is 1320. The van der Waals surface area contributed by atoms with Gasteiger partial charge in [0.1, 0.15) is 5.75 Å². The molecule has 0 aliphatic carbocycles. The number of anilines is 1. The summed E-state index contributed by atoms with van der Waals surface area (Å²) >= 11 is 0. The zero-order valence-corrected chi connectivity index (χ0v) is 21.0. The predicted molar refractivity (Wildman–Crippen MR) is 139 cm³/mol. The minimum Gasteiger partial charge on any atom is -0.455 e. The molecule has 0 atom stereocenters. The number of benzene rings is 3. The highest BCUT2D eigenvalue weighted by Gasteiger charge is 2.23. The molecule has 2 amide bonds. The van der Waals surface area contributed by atoms with Gasteiger partial charge in [-0.25, -0.2) is 8.42 Å². The second kappa shape index (κ2) is 11.9. The van der Waals surface area contributed by atoms with Crippen molar-refractivity contribution in [3.8, 4) is 11.5 Å². The fourth-order valence-corrected chi connectivity index (χ4v) is 5.05. The average molecular weight is 524 g/mol. The molecule has 0 spiro atoms. The van der Waals surface area contributed by atoms with Gasteiger partial charge in [-0.05, 0) is 67.3 Å². The van der Waals surface area contributed by atoms with Crippen molar-refractivity contribution < 1.29 is 27.9 Å². The van der Waals surface area contributed by atoms with Gasteiger partial charge in [0.15, 0.2) is 5.75 Å². The van der Waals surface area contributed by atoms with E-state index in [1.807, 2.05) is 18.2 Å². The van der Waals surface area contributed by atoms with Crippen molar-refractivity contribution in [2.24, 2.45) is 5.92 Å². The van der Waals surface area contributed by atoms with E-state index in [1.165, 1.54) is 24.3 Å². The molecule has 1 aliphatic heterocycles. The van der Waals surface area contributed by atoms with Crippen LogP contribution in [0.1, 0.15) is 23.2 Å². The van der Waals surface area contributed by atoms with Gasteiger partial charge in [0.05, 0.1) is 17.1 Å². The maximum absolute atomic E-state index is 13.0. The number of amides is 2. The van der Waals surface area contributed by atoms with Gasteiger partial charge >= 0.3 is 0 Å². The third kappa shape index (κ3) is 6.87. The van der Waals surface area contributed by atoms with Crippen LogP contribution >= 0.6 is 0 Å². The molecule has 1 saturated heterocycles. The van der Waals surface area contributed by atoms with Crippen molar-refractivity contribution in [3.63, 3.8) is 0 Å². The second-order valence-electron chi connectivity index (χ2n) is 8.73. The minimum absolute atomic E-state index is 0.0265. The molecule has 3 N–H and O–H groups in total. The number of carbonyl (C=O) groups is 2. The Hall–Kier alpha value is -3.89. The molecule has 4 rings (SSSR count). The minimum atomic E-state index is -3.96. The summed E-state index contributed by atoms with van der Waals surface area (Å²) in [4.78, 5) is 26.5. The molecule has 3 aromatic carbocycles. The number of aliphatic hydroxyl groups is 1. The third-order valence-corrected chi connectivity index (χ3v) is 7.54. The standard InChI is InChI=1S/C27H29N3O6S/c31-19-20-14-16-30(17-15-20)26(32)18-28-27(33)21-10-12-23(13-11-21)37(34,35)29-24-8-4-5-9-25(24)36-22-6-2-1-3-7-22/h1-13,20,29,31H,14-19H2,(H,28,33). The van der Waals surface area contributed by atoms with Crippen LogP contribution in [0, 0.1) is 5.92 Å². The largest absolute Gasteiger partial charge is 0.455 e. The fourth-order valence-electron chi connectivity index (χ4n) is 3.98. The molecule has 1 fully saturated rings. The Labute approximate surface area is 216 Å².